The molecular formula is C27H23ClN3O4S+. The third-order valence-corrected chi connectivity index (χ3v) is 7.20. The standard InChI is InChI=1S/C27H22ClN3O4S/c1-4-31(34)25(32)27(15-16-27)20-12-9-19(10-13-20)11-14-23-24(17(2)30-36-23)29-26(33)35-18(3)21-7-5-6-8-22(21)28/h4-10,12-13,18H,1,15-16H2,2-3H3/p+1. The van der Waals surface area contributed by atoms with Crippen molar-refractivity contribution in [2.75, 3.05) is 5.32 Å². The van der Waals surface area contributed by atoms with Gasteiger partial charge in [-0.15, -0.1) is 0 Å². The first-order valence-corrected chi connectivity index (χ1v) is 12.3. The zero-order chi connectivity index (χ0) is 25.9. The Morgan fingerprint density at radius 3 is 2.56 bits per heavy atom. The minimum Gasteiger partial charge on any atom is -0.441 e. The van der Waals surface area contributed by atoms with Crippen molar-refractivity contribution in [2.24, 2.45) is 0 Å². The minimum atomic E-state index is -0.769. The van der Waals surface area contributed by atoms with Gasteiger partial charge in [0, 0.05) is 21.1 Å². The Kier molecular flexibility index (Phi) is 7.34. The van der Waals surface area contributed by atoms with Crippen molar-refractivity contribution in [2.45, 2.75) is 38.2 Å². The van der Waals surface area contributed by atoms with Crippen molar-refractivity contribution in [1.29, 1.82) is 0 Å². The van der Waals surface area contributed by atoms with Crippen LogP contribution < -0.4 is 5.32 Å². The van der Waals surface area contributed by atoms with Crippen LogP contribution in [0.25, 0.3) is 0 Å². The minimum absolute atomic E-state index is 0.293. The average molecular weight is 521 g/mol. The molecule has 0 aliphatic heterocycles. The molecule has 182 valence electrons. The molecule has 1 N–H and O–H groups in total. The second-order valence-electron chi connectivity index (χ2n) is 8.39. The molecule has 36 heavy (non-hydrogen) atoms. The van der Waals surface area contributed by atoms with Gasteiger partial charge in [0.1, 0.15) is 21.2 Å². The number of nitrogens with zero attached hydrogens (tertiary/aromatic N) is 2. The van der Waals surface area contributed by atoms with E-state index < -0.39 is 23.5 Å². The Morgan fingerprint density at radius 1 is 1.22 bits per heavy atom. The van der Waals surface area contributed by atoms with Crippen LogP contribution in [0.2, 0.25) is 5.02 Å². The number of halogens is 1. The van der Waals surface area contributed by atoms with Crippen LogP contribution in [0.1, 0.15) is 53.1 Å². The van der Waals surface area contributed by atoms with Gasteiger partial charge in [0.2, 0.25) is 6.20 Å². The third-order valence-electron chi connectivity index (χ3n) is 6.00. The van der Waals surface area contributed by atoms with Crippen molar-refractivity contribution >= 4 is 40.8 Å². The van der Waals surface area contributed by atoms with Gasteiger partial charge in [0.25, 0.3) is 0 Å². The lowest BCUT2D eigenvalue weighted by molar-refractivity contribution is -0.404. The summed E-state index contributed by atoms with van der Waals surface area (Å²) in [6.07, 6.45) is 1.07. The van der Waals surface area contributed by atoms with Gasteiger partial charge in [0.05, 0.1) is 11.4 Å². The second kappa shape index (κ2) is 10.4. The van der Waals surface area contributed by atoms with Crippen molar-refractivity contribution in [3.05, 3.63) is 98.5 Å². The summed E-state index contributed by atoms with van der Waals surface area (Å²) in [5.41, 5.74) is 2.56. The number of amides is 2. The molecule has 2 aromatic carbocycles. The van der Waals surface area contributed by atoms with E-state index in [1.54, 1.807) is 38.1 Å². The van der Waals surface area contributed by atoms with E-state index in [-0.39, 0.29) is 0 Å². The SMILES string of the molecule is C=C[N+](=O)C(=O)C1(c2ccc(C#Cc3snc(C)c3NC(=O)OC(C)c3ccccc3Cl)cc2)CC1. The highest BCUT2D eigenvalue weighted by atomic mass is 35.5. The molecule has 1 aliphatic rings. The first-order chi connectivity index (χ1) is 17.2. The predicted molar refractivity (Wildman–Crippen MR) is 139 cm³/mol. The van der Waals surface area contributed by atoms with Crippen LogP contribution >= 0.6 is 23.1 Å². The van der Waals surface area contributed by atoms with Gasteiger partial charge in [0.15, 0.2) is 0 Å². The molecule has 2 amide bonds. The zero-order valence-corrected chi connectivity index (χ0v) is 21.3. The lowest BCUT2D eigenvalue weighted by Crippen LogP contribution is -2.27. The number of benzene rings is 2. The maximum atomic E-state index is 12.5. The number of nitrogens with one attached hydrogen (secondary N) is 1. The van der Waals surface area contributed by atoms with E-state index in [9.17, 15) is 14.5 Å². The van der Waals surface area contributed by atoms with Crippen LogP contribution in [0, 0.1) is 23.7 Å². The van der Waals surface area contributed by atoms with E-state index in [1.165, 1.54) is 11.5 Å². The van der Waals surface area contributed by atoms with Gasteiger partial charge in [-0.1, -0.05) is 47.9 Å². The summed E-state index contributed by atoms with van der Waals surface area (Å²) in [6.45, 7) is 6.89. The molecule has 1 heterocycles. The Bertz CT molecular complexity index is 1410. The monoisotopic (exact) mass is 520 g/mol. The second-order valence-corrected chi connectivity index (χ2v) is 9.57. The van der Waals surface area contributed by atoms with Gasteiger partial charge in [-0.2, -0.15) is 4.37 Å². The highest BCUT2D eigenvalue weighted by molar-refractivity contribution is 7.07. The summed E-state index contributed by atoms with van der Waals surface area (Å²) in [4.78, 5) is 37.3. The first-order valence-electron chi connectivity index (χ1n) is 11.2. The molecule has 0 radical (unpaired) electrons. The van der Waals surface area contributed by atoms with E-state index >= 15 is 0 Å². The predicted octanol–water partition coefficient (Wildman–Crippen LogP) is 6.30. The van der Waals surface area contributed by atoms with Crippen LogP contribution in [0.4, 0.5) is 10.5 Å². The van der Waals surface area contributed by atoms with Crippen LogP contribution in [0.5, 0.6) is 0 Å². The number of hydrogen-bond acceptors (Lipinski definition) is 6. The maximum absolute atomic E-state index is 12.5. The number of carbonyl (C=O) groups excluding carboxylic acids is 2. The summed E-state index contributed by atoms with van der Waals surface area (Å²) >= 11 is 7.37. The summed E-state index contributed by atoms with van der Waals surface area (Å²) in [7, 11) is 0. The van der Waals surface area contributed by atoms with Crippen molar-refractivity contribution in [3.63, 3.8) is 0 Å². The Morgan fingerprint density at radius 2 is 1.92 bits per heavy atom. The van der Waals surface area contributed by atoms with Crippen molar-refractivity contribution < 1.29 is 19.1 Å². The molecule has 1 unspecified atom stereocenters. The molecule has 1 aromatic heterocycles. The van der Waals surface area contributed by atoms with Gasteiger partial charge in [-0.05, 0) is 74.5 Å². The third kappa shape index (κ3) is 5.23. The molecule has 1 fully saturated rings. The fourth-order valence-corrected chi connectivity index (χ4v) is 4.80. The molecule has 1 atom stereocenters. The summed E-state index contributed by atoms with van der Waals surface area (Å²) in [5.74, 6) is 5.61. The Labute approximate surface area is 217 Å². The largest absolute Gasteiger partial charge is 0.449 e. The van der Waals surface area contributed by atoms with E-state index in [1.807, 2.05) is 24.3 Å². The zero-order valence-electron chi connectivity index (χ0n) is 19.7. The summed E-state index contributed by atoms with van der Waals surface area (Å²) in [5, 5.41) is 3.26. The van der Waals surface area contributed by atoms with Gasteiger partial charge in [-0.25, -0.2) is 9.59 Å². The van der Waals surface area contributed by atoms with Gasteiger partial charge >= 0.3 is 12.0 Å². The van der Waals surface area contributed by atoms with Crippen LogP contribution in [0.3, 0.4) is 0 Å². The highest BCUT2D eigenvalue weighted by Crippen LogP contribution is 2.49. The maximum Gasteiger partial charge on any atom is 0.449 e. The number of nitroso groups, excluding NO2 is 1. The lowest BCUT2D eigenvalue weighted by Gasteiger charge is -2.15. The summed E-state index contributed by atoms with van der Waals surface area (Å²) in [6, 6.07) is 14.4. The fourth-order valence-electron chi connectivity index (χ4n) is 3.81. The number of anilines is 1. The highest BCUT2D eigenvalue weighted by Gasteiger charge is 2.58. The van der Waals surface area contributed by atoms with Crippen LogP contribution in [-0.4, -0.2) is 21.1 Å². The molecule has 3 aromatic rings. The summed E-state index contributed by atoms with van der Waals surface area (Å²) < 4.78 is 10.1. The van der Waals surface area contributed by atoms with Crippen molar-refractivity contribution in [1.82, 2.24) is 4.37 Å². The molecule has 1 aliphatic carbocycles. The molecular weight excluding hydrogens is 498 g/mol. The quantitative estimate of drug-likeness (QED) is 0.304. The molecule has 9 heteroatoms. The number of rotatable bonds is 6. The molecule has 7 nitrogen and oxygen atoms in total. The fraction of sp³-hybridized carbons (Fsp3) is 0.222. The number of carbonyl (C=O) groups is 2. The number of aryl methyl sites for hydroxylation is 1. The molecule has 0 spiro atoms. The number of hydrogen-bond donors (Lipinski definition) is 1. The van der Waals surface area contributed by atoms with E-state index in [0.717, 1.165) is 17.3 Å². The van der Waals surface area contributed by atoms with Crippen LogP contribution in [0.15, 0.2) is 61.3 Å². The van der Waals surface area contributed by atoms with Gasteiger partial charge < -0.3 is 4.74 Å². The van der Waals surface area contributed by atoms with Crippen molar-refractivity contribution in [3.8, 4) is 11.8 Å². The number of ether oxygens (including phenoxy) is 1. The molecule has 0 bridgehead atoms. The van der Waals surface area contributed by atoms with E-state index in [2.05, 4.69) is 28.1 Å². The molecule has 4 rings (SSSR count). The Balaban J connectivity index is 1.46. The first kappa shape index (κ1) is 25.3. The smallest absolute Gasteiger partial charge is 0.441 e. The lowest BCUT2D eigenvalue weighted by atomic mass is 9.94. The van der Waals surface area contributed by atoms with E-state index in [0.29, 0.717) is 44.4 Å². The topological polar surface area (TPSA) is 88.4 Å². The van der Waals surface area contributed by atoms with E-state index in [4.69, 9.17) is 16.3 Å². The molecule has 1 saturated carbocycles. The Hall–Kier alpha value is -3.80. The number of aromatic nitrogens is 1. The molecule has 0 saturated heterocycles. The van der Waals surface area contributed by atoms with Gasteiger partial charge in [-0.3, -0.25) is 5.32 Å². The average Bonchev–Trinajstić information content (AvgIpc) is 3.62. The van der Waals surface area contributed by atoms with Crippen LogP contribution in [-0.2, 0) is 14.9 Å². The normalized spacial score (nSPS) is 14.1.